The Balaban J connectivity index is 0.000000296. The number of aromatic nitrogens is 4. The van der Waals surface area contributed by atoms with Crippen LogP contribution in [0.3, 0.4) is 0 Å². The van der Waals surface area contributed by atoms with Crippen LogP contribution in [0, 0.1) is 13.8 Å². The molecule has 0 unspecified atom stereocenters. The average molecular weight is 702 g/mol. The van der Waals surface area contributed by atoms with Crippen LogP contribution in [-0.4, -0.2) is 36.2 Å². The number of halogens is 2. The number of benzene rings is 2. The number of nitrogen functional groups attached to an aromatic ring is 5. The molecule has 4 rings (SSSR count). The van der Waals surface area contributed by atoms with Gasteiger partial charge in [-0.15, -0.1) is 0 Å². The minimum atomic E-state index is -0.889. The summed E-state index contributed by atoms with van der Waals surface area (Å²) >= 11 is 13.6. The van der Waals surface area contributed by atoms with E-state index < -0.39 is 4.70 Å². The summed E-state index contributed by atoms with van der Waals surface area (Å²) in [5, 5.41) is 1.46. The van der Waals surface area contributed by atoms with E-state index >= 15 is 0 Å². The molecule has 0 spiro atoms. The Labute approximate surface area is 288 Å². The molecule has 0 aliphatic rings. The van der Waals surface area contributed by atoms with E-state index in [2.05, 4.69) is 75.8 Å². The maximum Gasteiger partial charge on any atom is 0.313 e. The zero-order chi connectivity index (χ0) is 35.4. The van der Waals surface area contributed by atoms with Crippen LogP contribution in [0.4, 0.5) is 39.7 Å². The Bertz CT molecular complexity index is 1750. The molecule has 0 fully saturated rings. The molecule has 47 heavy (non-hydrogen) atoms. The first-order valence-corrected chi connectivity index (χ1v) is 15.3. The molecular weight excluding hydrogens is 663 g/mol. The van der Waals surface area contributed by atoms with Crippen LogP contribution in [0.5, 0.6) is 23.0 Å². The molecule has 0 aliphatic carbocycles. The summed E-state index contributed by atoms with van der Waals surface area (Å²) in [6.45, 7) is 12.3. The minimum absolute atomic E-state index is 0.106. The highest BCUT2D eigenvalue weighted by molar-refractivity contribution is 7.80. The highest BCUT2D eigenvalue weighted by Gasteiger charge is 2.15. The Morgan fingerprint density at radius 1 is 0.766 bits per heavy atom. The standard InChI is InChI=1S/C16H19N5OS.C14H19N5O.CCl2O/c1-9(2)11-6-10(3)12(19-4-5-23)7-13(11)22-14-8-20-16(18)21-15(14)17;1-7(2)9-4-8(3)10(15)5-11(9)20-12-6-18-14(17)19-13(12)16;2-1(3)4/h4-9H,1-3H3,(H4,17,18,20,21);4-7H,15H2,1-3H3,(H4,16,17,18,19);. The first-order valence-electron chi connectivity index (χ1n) is 14.0. The summed E-state index contributed by atoms with van der Waals surface area (Å²) in [4.78, 5) is 28.9. The molecule has 0 amide bonds. The number of carbonyl (C=O) groups excluding carboxylic acids is 1. The lowest BCUT2D eigenvalue weighted by Crippen LogP contribution is -2.03. The molecule has 0 aliphatic heterocycles. The van der Waals surface area contributed by atoms with Crippen molar-refractivity contribution < 1.29 is 14.3 Å². The van der Waals surface area contributed by atoms with Gasteiger partial charge in [0.05, 0.1) is 18.1 Å². The number of rotatable bonds is 8. The van der Waals surface area contributed by atoms with Gasteiger partial charge in [-0.2, -0.15) is 9.97 Å². The molecule has 13 nitrogen and oxygen atoms in total. The van der Waals surface area contributed by atoms with E-state index in [0.717, 1.165) is 27.9 Å². The van der Waals surface area contributed by atoms with Gasteiger partial charge in [-0.05, 0) is 77.2 Å². The largest absolute Gasteiger partial charge is 0.451 e. The SMILES string of the molecule is Cc1cc(C(C)C)c(Oc2cnc(N)nc2N)cc1N.Cc1cc(C(C)C)c(Oc2cnc(N)nc2N)cc1N=CC=S.O=C(Cl)Cl. The Morgan fingerprint density at radius 2 is 1.19 bits per heavy atom. The first-order chi connectivity index (χ1) is 22.0. The molecule has 4 aromatic rings. The van der Waals surface area contributed by atoms with Crippen molar-refractivity contribution in [2.75, 3.05) is 28.7 Å². The maximum absolute atomic E-state index is 8.98. The maximum atomic E-state index is 8.98. The quantitative estimate of drug-likeness (QED) is 0.0516. The van der Waals surface area contributed by atoms with Gasteiger partial charge in [0.2, 0.25) is 11.9 Å². The number of carbonyl (C=O) groups is 1. The number of hydrogen-bond acceptors (Lipinski definition) is 14. The molecule has 2 aromatic carbocycles. The van der Waals surface area contributed by atoms with Crippen LogP contribution in [0.25, 0.3) is 0 Å². The number of hydrogen-bond donors (Lipinski definition) is 5. The topological polar surface area (TPSA) is 230 Å². The molecule has 0 bridgehead atoms. The van der Waals surface area contributed by atoms with E-state index in [9.17, 15) is 0 Å². The van der Waals surface area contributed by atoms with Gasteiger partial charge in [-0.1, -0.05) is 46.0 Å². The highest BCUT2D eigenvalue weighted by Crippen LogP contribution is 2.38. The van der Waals surface area contributed by atoms with Crippen LogP contribution in [0.2, 0.25) is 0 Å². The molecule has 2 aromatic heterocycles. The second-order valence-electron chi connectivity index (χ2n) is 10.5. The van der Waals surface area contributed by atoms with Crippen molar-refractivity contribution in [1.29, 1.82) is 0 Å². The van der Waals surface area contributed by atoms with Crippen molar-refractivity contribution in [3.63, 3.8) is 0 Å². The monoisotopic (exact) mass is 700 g/mol. The van der Waals surface area contributed by atoms with Crippen molar-refractivity contribution in [1.82, 2.24) is 19.9 Å². The molecule has 0 atom stereocenters. The Hall–Kier alpha value is -4.79. The summed E-state index contributed by atoms with van der Waals surface area (Å²) in [7, 11) is 0. The van der Waals surface area contributed by atoms with Gasteiger partial charge in [0.1, 0.15) is 11.5 Å². The Morgan fingerprint density at radius 3 is 1.60 bits per heavy atom. The van der Waals surface area contributed by atoms with Gasteiger partial charge in [-0.25, -0.2) is 9.97 Å². The molecule has 0 saturated heterocycles. The summed E-state index contributed by atoms with van der Waals surface area (Å²) in [5.74, 6) is 3.20. The number of aliphatic imine (C=N–C) groups is 1. The second-order valence-corrected chi connectivity index (χ2v) is 11.7. The highest BCUT2D eigenvalue weighted by atomic mass is 35.5. The number of ether oxygens (including phenoxy) is 2. The van der Waals surface area contributed by atoms with Gasteiger partial charge in [0, 0.05) is 29.4 Å². The summed E-state index contributed by atoms with van der Waals surface area (Å²) < 4.78 is 10.8. The van der Waals surface area contributed by atoms with Gasteiger partial charge in [-0.3, -0.25) is 9.79 Å². The third kappa shape index (κ3) is 11.8. The normalized spacial score (nSPS) is 10.6. The van der Waals surface area contributed by atoms with Gasteiger partial charge in [0.25, 0.3) is 0 Å². The van der Waals surface area contributed by atoms with Crippen molar-refractivity contribution in [3.05, 3.63) is 58.9 Å². The molecule has 250 valence electrons. The number of anilines is 5. The van der Waals surface area contributed by atoms with E-state index in [4.69, 9.17) is 55.2 Å². The van der Waals surface area contributed by atoms with Crippen LogP contribution in [0.15, 0.2) is 41.7 Å². The predicted molar refractivity (Wildman–Crippen MR) is 196 cm³/mol. The molecule has 10 N–H and O–H groups in total. The minimum Gasteiger partial charge on any atom is -0.451 e. The van der Waals surface area contributed by atoms with Gasteiger partial charge >= 0.3 is 4.70 Å². The second kappa shape index (κ2) is 17.8. The van der Waals surface area contributed by atoms with E-state index in [1.54, 1.807) is 12.3 Å². The first kappa shape index (κ1) is 38.4. The molecule has 2 heterocycles. The van der Waals surface area contributed by atoms with Crippen LogP contribution < -0.4 is 38.1 Å². The summed E-state index contributed by atoms with van der Waals surface area (Å²) in [5.41, 5.74) is 34.1. The lowest BCUT2D eigenvalue weighted by Gasteiger charge is -2.16. The molecule has 0 radical (unpaired) electrons. The smallest absolute Gasteiger partial charge is 0.313 e. The third-order valence-corrected chi connectivity index (χ3v) is 6.41. The number of nitrogens with two attached hydrogens (primary N) is 5. The summed E-state index contributed by atoms with van der Waals surface area (Å²) in [6, 6.07) is 7.71. The number of nitrogens with zero attached hydrogens (tertiary/aromatic N) is 5. The van der Waals surface area contributed by atoms with E-state index in [1.807, 2.05) is 32.0 Å². The molecular formula is C31H38Cl2N10O3S. The number of aryl methyl sites for hydroxylation is 2. The zero-order valence-corrected chi connectivity index (χ0v) is 29.1. The van der Waals surface area contributed by atoms with Crippen molar-refractivity contribution in [2.45, 2.75) is 53.4 Å². The van der Waals surface area contributed by atoms with Crippen LogP contribution in [0.1, 0.15) is 61.8 Å². The Kier molecular flexibility index (Phi) is 14.5. The molecule has 16 heteroatoms. The summed E-state index contributed by atoms with van der Waals surface area (Å²) in [6.07, 6.45) is 4.48. The van der Waals surface area contributed by atoms with Crippen LogP contribution in [-0.2, 0) is 0 Å². The third-order valence-electron chi connectivity index (χ3n) is 6.29. The van der Waals surface area contributed by atoms with E-state index in [1.165, 1.54) is 17.8 Å². The van der Waals surface area contributed by atoms with Gasteiger partial charge in [0.15, 0.2) is 23.1 Å². The van der Waals surface area contributed by atoms with Crippen LogP contribution >= 0.6 is 35.4 Å². The van der Waals surface area contributed by atoms with E-state index in [0.29, 0.717) is 34.6 Å². The van der Waals surface area contributed by atoms with Crippen molar-refractivity contribution in [3.8, 4) is 23.0 Å². The fraction of sp³-hybridized carbons (Fsp3) is 0.258. The average Bonchev–Trinajstić information content (AvgIpc) is 2.97. The molecule has 0 saturated carbocycles. The van der Waals surface area contributed by atoms with E-state index in [-0.39, 0.29) is 29.5 Å². The fourth-order valence-corrected chi connectivity index (χ4v) is 4.01. The number of thiocarbonyl (C=S) groups is 1. The lowest BCUT2D eigenvalue weighted by molar-refractivity contribution is 0.275. The fourth-order valence-electron chi connectivity index (χ4n) is 3.95. The van der Waals surface area contributed by atoms with Crippen molar-refractivity contribution in [2.24, 2.45) is 4.99 Å². The zero-order valence-electron chi connectivity index (χ0n) is 26.8. The van der Waals surface area contributed by atoms with Crippen molar-refractivity contribution >= 4 is 86.6 Å². The van der Waals surface area contributed by atoms with Gasteiger partial charge < -0.3 is 38.1 Å². The predicted octanol–water partition coefficient (Wildman–Crippen LogP) is 7.60. The lowest BCUT2D eigenvalue weighted by atomic mass is 9.99.